The lowest BCUT2D eigenvalue weighted by Gasteiger charge is -1.96. The van der Waals surface area contributed by atoms with Gasteiger partial charge in [-0.25, -0.2) is 19.2 Å². The topological polar surface area (TPSA) is 96.0 Å². The molecule has 0 spiro atoms. The highest BCUT2D eigenvalue weighted by atomic mass is 16.6. The Morgan fingerprint density at radius 1 is 1.19 bits per heavy atom. The molecule has 1 rings (SSSR count). The summed E-state index contributed by atoms with van der Waals surface area (Å²) in [7, 11) is 1.22. The van der Waals surface area contributed by atoms with Gasteiger partial charge in [0, 0.05) is 17.1 Å². The van der Waals surface area contributed by atoms with Crippen LogP contribution in [-0.4, -0.2) is 31.0 Å². The van der Waals surface area contributed by atoms with Crippen LogP contribution in [0.1, 0.15) is 20.8 Å². The highest BCUT2D eigenvalue weighted by molar-refractivity contribution is 6.11. The SMILES string of the molecule is C#CC(=O)O/C=C(\C)C(=O)OC.CC1=C(C)C(=O)OC1=O. The van der Waals surface area contributed by atoms with E-state index in [1.807, 2.05) is 0 Å². The van der Waals surface area contributed by atoms with Gasteiger partial charge < -0.3 is 14.2 Å². The minimum atomic E-state index is -0.849. The van der Waals surface area contributed by atoms with Gasteiger partial charge in [0.25, 0.3) is 0 Å². The molecular formula is C14H14O7. The maximum absolute atomic E-state index is 10.7. The van der Waals surface area contributed by atoms with E-state index in [9.17, 15) is 19.2 Å². The standard InChI is InChI=1S/C8H8O4.C6H6O3/c1-4-7(9)12-5-6(2)8(10)11-3;1-3-4(2)6(8)9-5(3)7/h1,5H,2-3H3;1-2H3/b6-5+;. The summed E-state index contributed by atoms with van der Waals surface area (Å²) >= 11 is 0. The smallest absolute Gasteiger partial charge is 0.388 e. The summed E-state index contributed by atoms with van der Waals surface area (Å²) in [5.74, 6) is -0.731. The zero-order valence-electron chi connectivity index (χ0n) is 12.0. The van der Waals surface area contributed by atoms with Crippen molar-refractivity contribution in [3.05, 3.63) is 23.0 Å². The number of ether oxygens (including phenoxy) is 3. The van der Waals surface area contributed by atoms with E-state index >= 15 is 0 Å². The highest BCUT2D eigenvalue weighted by Gasteiger charge is 2.25. The molecule has 0 unspecified atom stereocenters. The molecule has 1 aliphatic rings. The van der Waals surface area contributed by atoms with Crippen LogP contribution < -0.4 is 0 Å². The molecule has 1 heterocycles. The van der Waals surface area contributed by atoms with Crippen molar-refractivity contribution in [3.8, 4) is 12.3 Å². The van der Waals surface area contributed by atoms with Gasteiger partial charge in [0.2, 0.25) is 0 Å². The molecular weight excluding hydrogens is 280 g/mol. The second-order valence-corrected chi connectivity index (χ2v) is 3.77. The van der Waals surface area contributed by atoms with Gasteiger partial charge in [-0.15, -0.1) is 6.42 Å². The van der Waals surface area contributed by atoms with Gasteiger partial charge in [0.15, 0.2) is 0 Å². The number of carbonyl (C=O) groups excluding carboxylic acids is 4. The molecule has 0 atom stereocenters. The van der Waals surface area contributed by atoms with E-state index in [2.05, 4.69) is 14.2 Å². The second-order valence-electron chi connectivity index (χ2n) is 3.77. The monoisotopic (exact) mass is 294 g/mol. The summed E-state index contributed by atoms with van der Waals surface area (Å²) in [6, 6.07) is 0. The Balaban J connectivity index is 0.000000394. The van der Waals surface area contributed by atoms with Crippen molar-refractivity contribution in [2.75, 3.05) is 7.11 Å². The minimum Gasteiger partial charge on any atom is -0.466 e. The van der Waals surface area contributed by atoms with Gasteiger partial charge in [0.1, 0.15) is 6.26 Å². The Morgan fingerprint density at radius 3 is 1.95 bits per heavy atom. The molecule has 0 aromatic rings. The van der Waals surface area contributed by atoms with E-state index in [-0.39, 0.29) is 5.57 Å². The second kappa shape index (κ2) is 8.32. The van der Waals surface area contributed by atoms with Gasteiger partial charge in [-0.1, -0.05) is 0 Å². The molecule has 0 saturated carbocycles. The molecule has 7 heteroatoms. The van der Waals surface area contributed by atoms with E-state index in [0.29, 0.717) is 11.1 Å². The molecule has 0 radical (unpaired) electrons. The summed E-state index contributed by atoms with van der Waals surface area (Å²) in [6.45, 7) is 4.58. The van der Waals surface area contributed by atoms with E-state index in [1.54, 1.807) is 19.8 Å². The van der Waals surface area contributed by atoms with Crippen molar-refractivity contribution in [2.24, 2.45) is 0 Å². The molecule has 21 heavy (non-hydrogen) atoms. The lowest BCUT2D eigenvalue weighted by Crippen LogP contribution is -2.03. The van der Waals surface area contributed by atoms with Gasteiger partial charge in [-0.2, -0.15) is 0 Å². The number of rotatable bonds is 2. The van der Waals surface area contributed by atoms with Crippen LogP contribution in [0.3, 0.4) is 0 Å². The van der Waals surface area contributed by atoms with Crippen LogP contribution in [0.15, 0.2) is 23.0 Å². The van der Waals surface area contributed by atoms with Crippen LogP contribution in [0.4, 0.5) is 0 Å². The molecule has 112 valence electrons. The fraction of sp³-hybridized carbons (Fsp3) is 0.286. The Bertz CT molecular complexity index is 551. The van der Waals surface area contributed by atoms with Crippen molar-refractivity contribution < 1.29 is 33.4 Å². The van der Waals surface area contributed by atoms with Gasteiger partial charge in [-0.05, 0) is 20.8 Å². The molecule has 0 saturated heterocycles. The predicted octanol–water partition coefficient (Wildman–Crippen LogP) is 0.646. The molecule has 0 aromatic heterocycles. The molecule has 7 nitrogen and oxygen atoms in total. The maximum atomic E-state index is 10.7. The third-order valence-corrected chi connectivity index (χ3v) is 2.33. The molecule has 1 aliphatic heterocycles. The average Bonchev–Trinajstić information content (AvgIpc) is 2.70. The minimum absolute atomic E-state index is 0.168. The average molecular weight is 294 g/mol. The first kappa shape index (κ1) is 18.1. The summed E-state index contributed by atoms with van der Waals surface area (Å²) in [5.41, 5.74) is 1.00. The van der Waals surface area contributed by atoms with Crippen molar-refractivity contribution in [1.82, 2.24) is 0 Å². The van der Waals surface area contributed by atoms with E-state index < -0.39 is 23.9 Å². The van der Waals surface area contributed by atoms with Crippen molar-refractivity contribution in [3.63, 3.8) is 0 Å². The van der Waals surface area contributed by atoms with Crippen molar-refractivity contribution >= 4 is 23.9 Å². The zero-order chi connectivity index (χ0) is 16.6. The molecule has 0 fully saturated rings. The zero-order valence-corrected chi connectivity index (χ0v) is 12.0. The number of hydrogen-bond donors (Lipinski definition) is 0. The van der Waals surface area contributed by atoms with Crippen molar-refractivity contribution in [1.29, 1.82) is 0 Å². The Hall–Kier alpha value is -2.88. The molecule has 0 aromatic carbocycles. The number of esters is 4. The third kappa shape index (κ3) is 5.74. The number of methoxy groups -OCH3 is 1. The molecule has 0 amide bonds. The first-order chi connectivity index (χ1) is 9.74. The lowest BCUT2D eigenvalue weighted by molar-refractivity contribution is -0.151. The van der Waals surface area contributed by atoms with Crippen LogP contribution in [0.2, 0.25) is 0 Å². The Morgan fingerprint density at radius 2 is 1.67 bits per heavy atom. The van der Waals surface area contributed by atoms with E-state index in [4.69, 9.17) is 6.42 Å². The van der Waals surface area contributed by atoms with Crippen LogP contribution in [-0.2, 0) is 33.4 Å². The number of cyclic esters (lactones) is 2. The first-order valence-corrected chi connectivity index (χ1v) is 5.60. The molecule has 0 aliphatic carbocycles. The predicted molar refractivity (Wildman–Crippen MR) is 70.2 cm³/mol. The number of carbonyl (C=O) groups is 4. The summed E-state index contributed by atoms with van der Waals surface area (Å²) < 4.78 is 12.9. The maximum Gasteiger partial charge on any atom is 0.388 e. The van der Waals surface area contributed by atoms with Crippen molar-refractivity contribution in [2.45, 2.75) is 20.8 Å². The van der Waals surface area contributed by atoms with Crippen LogP contribution >= 0.6 is 0 Å². The largest absolute Gasteiger partial charge is 0.466 e. The normalized spacial score (nSPS) is 13.8. The summed E-state index contributed by atoms with van der Waals surface area (Å²) in [6.07, 6.45) is 5.65. The van der Waals surface area contributed by atoms with Crippen LogP contribution in [0, 0.1) is 12.3 Å². The number of terminal acetylenes is 1. The summed E-state index contributed by atoms with van der Waals surface area (Å²) in [4.78, 5) is 42.0. The van der Waals surface area contributed by atoms with E-state index in [1.165, 1.54) is 14.0 Å². The molecule has 0 bridgehead atoms. The molecule has 0 N–H and O–H groups in total. The summed E-state index contributed by atoms with van der Waals surface area (Å²) in [5, 5.41) is 0. The third-order valence-electron chi connectivity index (χ3n) is 2.33. The van der Waals surface area contributed by atoms with Gasteiger partial charge in [-0.3, -0.25) is 0 Å². The van der Waals surface area contributed by atoms with Crippen LogP contribution in [0.25, 0.3) is 0 Å². The Kier molecular flexibility index (Phi) is 7.18. The quantitative estimate of drug-likeness (QED) is 0.140. The highest BCUT2D eigenvalue weighted by Crippen LogP contribution is 2.14. The first-order valence-electron chi connectivity index (χ1n) is 5.60. The number of hydrogen-bond acceptors (Lipinski definition) is 7. The lowest BCUT2D eigenvalue weighted by atomic mass is 10.2. The fourth-order valence-corrected chi connectivity index (χ4v) is 0.929. The van der Waals surface area contributed by atoms with Gasteiger partial charge >= 0.3 is 23.9 Å². The fourth-order valence-electron chi connectivity index (χ4n) is 0.929. The van der Waals surface area contributed by atoms with E-state index in [0.717, 1.165) is 6.26 Å². The van der Waals surface area contributed by atoms with Gasteiger partial charge in [0.05, 0.1) is 12.7 Å². The van der Waals surface area contributed by atoms with Crippen LogP contribution in [0.5, 0.6) is 0 Å². The Labute approximate surface area is 121 Å².